The van der Waals surface area contributed by atoms with Gasteiger partial charge in [-0.05, 0) is 22.9 Å². The van der Waals surface area contributed by atoms with Gasteiger partial charge in [0.25, 0.3) is 5.60 Å². The van der Waals surface area contributed by atoms with Gasteiger partial charge in [-0.15, -0.1) is 0 Å². The molecule has 0 fully saturated rings. The Bertz CT molecular complexity index is 660. The minimum atomic E-state index is -6.04. The number of hydrogen-bond donors (Lipinski definition) is 2. The van der Waals surface area contributed by atoms with Crippen LogP contribution in [0, 0.1) is 0 Å². The molecule has 0 radical (unpaired) electrons. The summed E-state index contributed by atoms with van der Waals surface area (Å²) in [6.07, 6.45) is -12.1. The van der Waals surface area contributed by atoms with E-state index < -0.39 is 29.3 Å². The molecule has 0 saturated heterocycles. The highest BCUT2D eigenvalue weighted by Crippen LogP contribution is 2.52. The van der Waals surface area contributed by atoms with Crippen molar-refractivity contribution in [2.45, 2.75) is 18.0 Å². The zero-order valence-electron chi connectivity index (χ0n) is 10.1. The topological polar surface area (TPSA) is 40.5 Å². The van der Waals surface area contributed by atoms with Crippen LogP contribution in [0.1, 0.15) is 5.56 Å². The van der Waals surface area contributed by atoms with E-state index >= 15 is 0 Å². The zero-order chi connectivity index (χ0) is 16.1. The van der Waals surface area contributed by atoms with E-state index in [-0.39, 0.29) is 10.8 Å². The molecule has 0 aliphatic carbocycles. The van der Waals surface area contributed by atoms with E-state index in [1.54, 1.807) is 0 Å². The number of benzene rings is 2. The number of hydrogen-bond acceptors (Lipinski definition) is 2. The van der Waals surface area contributed by atoms with Gasteiger partial charge in [0, 0.05) is 5.56 Å². The highest BCUT2D eigenvalue weighted by molar-refractivity contribution is 5.85. The standard InChI is InChI=1S/C13H8F6O2/c14-12(15,16)11(21,13(17,18)19)9-5-7-3-1-2-4-8(7)6-10(9)20/h1-6,20-21H. The summed E-state index contributed by atoms with van der Waals surface area (Å²) < 4.78 is 76.7. The van der Waals surface area contributed by atoms with Gasteiger partial charge in [-0.1, -0.05) is 24.3 Å². The number of rotatable bonds is 1. The summed E-state index contributed by atoms with van der Waals surface area (Å²) >= 11 is 0. The van der Waals surface area contributed by atoms with Crippen LogP contribution in [0.15, 0.2) is 36.4 Å². The predicted molar refractivity (Wildman–Crippen MR) is 61.6 cm³/mol. The Labute approximate surface area is 114 Å². The van der Waals surface area contributed by atoms with E-state index in [0.717, 1.165) is 6.07 Å². The van der Waals surface area contributed by atoms with Crippen molar-refractivity contribution in [2.24, 2.45) is 0 Å². The van der Waals surface area contributed by atoms with Crippen LogP contribution in [0.2, 0.25) is 0 Å². The first kappa shape index (κ1) is 15.4. The summed E-state index contributed by atoms with van der Waals surface area (Å²) in [5.41, 5.74) is -6.80. The van der Waals surface area contributed by atoms with Crippen molar-refractivity contribution in [1.82, 2.24) is 0 Å². The third-order valence-corrected chi connectivity index (χ3v) is 3.07. The molecule has 0 bridgehead atoms. The maximum absolute atomic E-state index is 12.8. The molecule has 2 N–H and O–H groups in total. The minimum absolute atomic E-state index is 0.0252. The number of aromatic hydroxyl groups is 1. The average Bonchev–Trinajstić information content (AvgIpc) is 2.34. The number of alkyl halides is 6. The number of phenols is 1. The second-order valence-electron chi connectivity index (χ2n) is 4.42. The summed E-state index contributed by atoms with van der Waals surface area (Å²) in [6.45, 7) is 0. The molecule has 2 aromatic carbocycles. The molecule has 0 saturated carbocycles. The third kappa shape index (κ3) is 2.29. The molecule has 2 rings (SSSR count). The van der Waals surface area contributed by atoms with Crippen LogP contribution in [0.3, 0.4) is 0 Å². The molecule has 21 heavy (non-hydrogen) atoms. The second kappa shape index (κ2) is 4.52. The van der Waals surface area contributed by atoms with Crippen molar-refractivity contribution in [2.75, 3.05) is 0 Å². The molecular formula is C13H8F6O2. The molecule has 2 nitrogen and oxygen atoms in total. The monoisotopic (exact) mass is 310 g/mol. The van der Waals surface area contributed by atoms with Crippen molar-refractivity contribution >= 4 is 10.8 Å². The fourth-order valence-corrected chi connectivity index (χ4v) is 1.98. The number of phenolic OH excluding ortho intramolecular Hbond substituents is 1. The Balaban J connectivity index is 2.81. The van der Waals surface area contributed by atoms with Gasteiger partial charge >= 0.3 is 12.4 Å². The largest absolute Gasteiger partial charge is 0.508 e. The lowest BCUT2D eigenvalue weighted by Crippen LogP contribution is -2.53. The number of aliphatic hydroxyl groups is 1. The van der Waals surface area contributed by atoms with E-state index in [9.17, 15) is 36.6 Å². The maximum Gasteiger partial charge on any atom is 0.430 e. The number of fused-ring (bicyclic) bond motifs is 1. The Hall–Kier alpha value is -1.96. The summed E-state index contributed by atoms with van der Waals surface area (Å²) in [5.74, 6) is -1.29. The van der Waals surface area contributed by atoms with Gasteiger partial charge in [0.1, 0.15) is 5.75 Å². The van der Waals surface area contributed by atoms with E-state index in [4.69, 9.17) is 0 Å². The average molecular weight is 310 g/mol. The van der Waals surface area contributed by atoms with Crippen LogP contribution < -0.4 is 0 Å². The summed E-state index contributed by atoms with van der Waals surface area (Å²) in [6, 6.07) is 6.80. The molecule has 0 unspecified atom stereocenters. The lowest BCUT2D eigenvalue weighted by atomic mass is 9.89. The molecule has 0 aliphatic rings. The first-order chi connectivity index (χ1) is 9.48. The third-order valence-electron chi connectivity index (χ3n) is 3.07. The Morgan fingerprint density at radius 1 is 0.762 bits per heavy atom. The lowest BCUT2D eigenvalue weighted by molar-refractivity contribution is -0.376. The van der Waals surface area contributed by atoms with Crippen LogP contribution in [0.25, 0.3) is 10.8 Å². The van der Waals surface area contributed by atoms with Gasteiger partial charge in [0.05, 0.1) is 0 Å². The minimum Gasteiger partial charge on any atom is -0.508 e. The molecule has 8 heteroatoms. The van der Waals surface area contributed by atoms with Gasteiger partial charge in [-0.3, -0.25) is 0 Å². The molecule has 114 valence electrons. The molecule has 0 aromatic heterocycles. The van der Waals surface area contributed by atoms with Gasteiger partial charge < -0.3 is 10.2 Å². The van der Waals surface area contributed by atoms with Crippen molar-refractivity contribution in [3.05, 3.63) is 42.0 Å². The lowest BCUT2D eigenvalue weighted by Gasteiger charge is -2.33. The molecule has 0 atom stereocenters. The molecular weight excluding hydrogens is 302 g/mol. The van der Waals surface area contributed by atoms with E-state index in [1.807, 2.05) is 0 Å². The highest BCUT2D eigenvalue weighted by atomic mass is 19.4. The highest BCUT2D eigenvalue weighted by Gasteiger charge is 2.72. The first-order valence-electron chi connectivity index (χ1n) is 5.56. The smallest absolute Gasteiger partial charge is 0.430 e. The van der Waals surface area contributed by atoms with E-state index in [2.05, 4.69) is 0 Å². The Morgan fingerprint density at radius 3 is 1.62 bits per heavy atom. The summed E-state index contributed by atoms with van der Waals surface area (Å²) in [5, 5.41) is 19.1. The first-order valence-corrected chi connectivity index (χ1v) is 5.56. The normalized spacial score (nSPS) is 13.7. The number of halogens is 6. The molecule has 0 spiro atoms. The van der Waals surface area contributed by atoms with Gasteiger partial charge in [-0.25, -0.2) is 0 Å². The van der Waals surface area contributed by atoms with Gasteiger partial charge in [-0.2, -0.15) is 26.3 Å². The Kier molecular flexibility index (Phi) is 3.32. The van der Waals surface area contributed by atoms with Crippen molar-refractivity contribution in [3.63, 3.8) is 0 Å². The molecule has 2 aromatic rings. The van der Waals surface area contributed by atoms with Gasteiger partial charge in [0.2, 0.25) is 0 Å². The Morgan fingerprint density at radius 2 is 1.19 bits per heavy atom. The summed E-state index contributed by atoms with van der Waals surface area (Å²) in [7, 11) is 0. The van der Waals surface area contributed by atoms with Crippen LogP contribution in [-0.4, -0.2) is 22.6 Å². The van der Waals surface area contributed by atoms with Crippen LogP contribution in [-0.2, 0) is 5.60 Å². The fraction of sp³-hybridized carbons (Fsp3) is 0.231. The van der Waals surface area contributed by atoms with Crippen LogP contribution in [0.4, 0.5) is 26.3 Å². The van der Waals surface area contributed by atoms with E-state index in [0.29, 0.717) is 6.07 Å². The zero-order valence-corrected chi connectivity index (χ0v) is 10.1. The molecule has 0 amide bonds. The maximum atomic E-state index is 12.8. The van der Waals surface area contributed by atoms with Gasteiger partial charge in [0.15, 0.2) is 0 Å². The second-order valence-corrected chi connectivity index (χ2v) is 4.42. The SMILES string of the molecule is Oc1cc2ccccc2cc1C(O)(C(F)(F)F)C(F)(F)F. The van der Waals surface area contributed by atoms with E-state index in [1.165, 1.54) is 24.3 Å². The van der Waals surface area contributed by atoms with Crippen molar-refractivity contribution in [3.8, 4) is 5.75 Å². The quantitative estimate of drug-likeness (QED) is 0.785. The van der Waals surface area contributed by atoms with Crippen molar-refractivity contribution < 1.29 is 36.6 Å². The molecule has 0 heterocycles. The van der Waals surface area contributed by atoms with Crippen molar-refractivity contribution in [1.29, 1.82) is 0 Å². The van der Waals surface area contributed by atoms with Crippen LogP contribution >= 0.6 is 0 Å². The fourth-order valence-electron chi connectivity index (χ4n) is 1.98. The summed E-state index contributed by atoms with van der Waals surface area (Å²) in [4.78, 5) is 0. The predicted octanol–water partition coefficient (Wildman–Crippen LogP) is 3.86. The van der Waals surface area contributed by atoms with Crippen LogP contribution in [0.5, 0.6) is 5.75 Å². The molecule has 0 aliphatic heterocycles.